The zero-order valence-corrected chi connectivity index (χ0v) is 19.6. The molecule has 0 saturated carbocycles. The number of nitrogens with zero attached hydrogens (tertiary/aromatic N) is 4. The van der Waals surface area contributed by atoms with E-state index in [-0.39, 0.29) is 5.91 Å². The number of amides is 1. The van der Waals surface area contributed by atoms with Gasteiger partial charge in [-0.2, -0.15) is 9.61 Å². The van der Waals surface area contributed by atoms with Crippen LogP contribution in [0.5, 0.6) is 5.75 Å². The molecule has 1 N–H and O–H groups in total. The van der Waals surface area contributed by atoms with Crippen LogP contribution in [-0.2, 0) is 0 Å². The van der Waals surface area contributed by atoms with Crippen molar-refractivity contribution >= 4 is 59.8 Å². The molecule has 10 heteroatoms. The maximum atomic E-state index is 12.9. The van der Waals surface area contributed by atoms with Gasteiger partial charge in [0.05, 0.1) is 17.1 Å². The first-order chi connectivity index (χ1) is 13.9. The minimum atomic E-state index is -0.255. The molecule has 2 aromatic carbocycles. The lowest BCUT2D eigenvalue weighted by atomic mass is 10.1. The first kappa shape index (κ1) is 20.0. The summed E-state index contributed by atoms with van der Waals surface area (Å²) in [6.07, 6.45) is 0. The number of carbonyl (C=O) groups excluding carboxylic acids is 1. The van der Waals surface area contributed by atoms with Gasteiger partial charge >= 0.3 is 0 Å². The number of rotatable bonds is 4. The van der Waals surface area contributed by atoms with Crippen molar-refractivity contribution < 1.29 is 9.53 Å². The fourth-order valence-corrected chi connectivity index (χ4v) is 5.16. The predicted molar refractivity (Wildman–Crippen MR) is 120 cm³/mol. The van der Waals surface area contributed by atoms with E-state index in [9.17, 15) is 4.79 Å². The molecule has 4 aromatic rings. The standard InChI is InChI=1S/C19H15Br2N5O2S/c1-9-6-11(18-25-26-10(2)23-24-19(26)29-18)4-5-15(9)22-17(27)13-7-12(20)8-14(21)16(13)28-3/h4-8H,1-3H3,(H,22,27). The van der Waals surface area contributed by atoms with Gasteiger partial charge in [0.2, 0.25) is 4.96 Å². The summed E-state index contributed by atoms with van der Waals surface area (Å²) in [5, 5.41) is 16.5. The summed E-state index contributed by atoms with van der Waals surface area (Å²) < 4.78 is 8.58. The summed E-state index contributed by atoms with van der Waals surface area (Å²) >= 11 is 8.31. The number of hydrogen-bond donors (Lipinski definition) is 1. The number of methoxy groups -OCH3 is 1. The van der Waals surface area contributed by atoms with Crippen LogP contribution in [0, 0.1) is 13.8 Å². The Morgan fingerprint density at radius 3 is 2.66 bits per heavy atom. The molecule has 0 unspecified atom stereocenters. The number of aryl methyl sites for hydroxylation is 2. The predicted octanol–water partition coefficient (Wildman–Crippen LogP) is 5.26. The highest BCUT2D eigenvalue weighted by Gasteiger charge is 2.18. The molecule has 0 saturated heterocycles. The van der Waals surface area contributed by atoms with Crippen LogP contribution in [0.15, 0.2) is 39.3 Å². The lowest BCUT2D eigenvalue weighted by Crippen LogP contribution is -2.14. The monoisotopic (exact) mass is 535 g/mol. The van der Waals surface area contributed by atoms with Crippen LogP contribution in [0.2, 0.25) is 0 Å². The SMILES string of the molecule is COc1c(Br)cc(Br)cc1C(=O)Nc1ccc(-c2nn3c(C)nnc3s2)cc1C. The number of fused-ring (bicyclic) bond motifs is 1. The van der Waals surface area contributed by atoms with E-state index >= 15 is 0 Å². The van der Waals surface area contributed by atoms with Crippen LogP contribution in [0.1, 0.15) is 21.7 Å². The lowest BCUT2D eigenvalue weighted by Gasteiger charge is -2.13. The summed E-state index contributed by atoms with van der Waals surface area (Å²) in [6, 6.07) is 9.35. The Kier molecular flexibility index (Phi) is 5.41. The van der Waals surface area contributed by atoms with Gasteiger partial charge < -0.3 is 10.1 Å². The lowest BCUT2D eigenvalue weighted by molar-refractivity contribution is 0.102. The molecule has 2 heterocycles. The molecule has 7 nitrogen and oxygen atoms in total. The minimum Gasteiger partial charge on any atom is -0.495 e. The molecule has 29 heavy (non-hydrogen) atoms. The Morgan fingerprint density at radius 2 is 1.97 bits per heavy atom. The molecule has 0 aliphatic carbocycles. The van der Waals surface area contributed by atoms with Gasteiger partial charge in [-0.25, -0.2) is 0 Å². The Balaban J connectivity index is 1.63. The average Bonchev–Trinajstić information content (AvgIpc) is 3.25. The van der Waals surface area contributed by atoms with E-state index in [4.69, 9.17) is 4.74 Å². The highest BCUT2D eigenvalue weighted by molar-refractivity contribution is 9.11. The molecule has 0 radical (unpaired) electrons. The number of carbonyl (C=O) groups is 1. The number of hydrogen-bond acceptors (Lipinski definition) is 6. The molecule has 0 bridgehead atoms. The Hall–Kier alpha value is -2.30. The fraction of sp³-hybridized carbons (Fsp3) is 0.158. The molecule has 148 valence electrons. The molecule has 0 aliphatic rings. The molecule has 4 rings (SSSR count). The van der Waals surface area contributed by atoms with Crippen LogP contribution in [0.3, 0.4) is 0 Å². The van der Waals surface area contributed by atoms with Gasteiger partial charge in [0.15, 0.2) is 5.82 Å². The molecule has 0 atom stereocenters. The van der Waals surface area contributed by atoms with Gasteiger partial charge in [-0.3, -0.25) is 4.79 Å². The van der Waals surface area contributed by atoms with Gasteiger partial charge in [0.1, 0.15) is 10.8 Å². The molecule has 0 aliphatic heterocycles. The van der Waals surface area contributed by atoms with Crippen molar-refractivity contribution in [2.45, 2.75) is 13.8 Å². The van der Waals surface area contributed by atoms with Crippen LogP contribution in [-0.4, -0.2) is 32.8 Å². The second-order valence-corrected chi connectivity index (χ2v) is 9.03. The first-order valence-corrected chi connectivity index (χ1v) is 10.9. The van der Waals surface area contributed by atoms with Gasteiger partial charge in [0, 0.05) is 15.7 Å². The summed E-state index contributed by atoms with van der Waals surface area (Å²) in [6.45, 7) is 3.81. The van der Waals surface area contributed by atoms with Crippen molar-refractivity contribution in [3.05, 3.63) is 56.2 Å². The third-order valence-corrected chi connectivity index (χ3v) is 6.32. The van der Waals surface area contributed by atoms with Crippen molar-refractivity contribution in [3.63, 3.8) is 0 Å². The number of ether oxygens (including phenoxy) is 1. The van der Waals surface area contributed by atoms with Crippen LogP contribution < -0.4 is 10.1 Å². The molecule has 0 fully saturated rings. The minimum absolute atomic E-state index is 0.255. The van der Waals surface area contributed by atoms with E-state index in [1.165, 1.54) is 18.4 Å². The first-order valence-electron chi connectivity index (χ1n) is 8.51. The average molecular weight is 537 g/mol. The number of aromatic nitrogens is 4. The summed E-state index contributed by atoms with van der Waals surface area (Å²) in [7, 11) is 1.53. The summed E-state index contributed by atoms with van der Waals surface area (Å²) in [5.74, 6) is 0.974. The Bertz CT molecular complexity index is 1250. The van der Waals surface area contributed by atoms with E-state index < -0.39 is 0 Å². The number of benzene rings is 2. The van der Waals surface area contributed by atoms with E-state index in [0.717, 1.165) is 37.1 Å². The maximum Gasteiger partial charge on any atom is 0.259 e. The fourth-order valence-electron chi connectivity index (χ4n) is 2.89. The van der Waals surface area contributed by atoms with Crippen molar-refractivity contribution in [3.8, 4) is 16.3 Å². The van der Waals surface area contributed by atoms with E-state index in [1.54, 1.807) is 10.6 Å². The molecular formula is C19H15Br2N5O2S. The molecule has 1 amide bonds. The van der Waals surface area contributed by atoms with Gasteiger partial charge in [-0.15, -0.1) is 10.2 Å². The smallest absolute Gasteiger partial charge is 0.259 e. The van der Waals surface area contributed by atoms with E-state index in [1.807, 2.05) is 38.1 Å². The number of anilines is 1. The van der Waals surface area contributed by atoms with Gasteiger partial charge in [-0.05, 0) is 65.7 Å². The van der Waals surface area contributed by atoms with Crippen LogP contribution in [0.25, 0.3) is 15.5 Å². The van der Waals surface area contributed by atoms with Crippen molar-refractivity contribution in [1.29, 1.82) is 0 Å². The zero-order chi connectivity index (χ0) is 20.7. The van der Waals surface area contributed by atoms with Gasteiger partial charge in [-0.1, -0.05) is 27.3 Å². The summed E-state index contributed by atoms with van der Waals surface area (Å²) in [4.78, 5) is 13.6. The largest absolute Gasteiger partial charge is 0.495 e. The van der Waals surface area contributed by atoms with Crippen LogP contribution >= 0.6 is 43.2 Å². The quantitative estimate of drug-likeness (QED) is 0.385. The van der Waals surface area contributed by atoms with Crippen molar-refractivity contribution in [2.24, 2.45) is 0 Å². The third-order valence-electron chi connectivity index (χ3n) is 4.33. The molecular weight excluding hydrogens is 522 g/mol. The van der Waals surface area contributed by atoms with E-state index in [2.05, 4.69) is 52.5 Å². The second-order valence-electron chi connectivity index (χ2n) is 6.30. The Morgan fingerprint density at radius 1 is 1.17 bits per heavy atom. The molecule has 2 aromatic heterocycles. The third kappa shape index (κ3) is 3.79. The highest BCUT2D eigenvalue weighted by atomic mass is 79.9. The van der Waals surface area contributed by atoms with Crippen LogP contribution in [0.4, 0.5) is 5.69 Å². The molecule has 0 spiro atoms. The Labute approximate surface area is 187 Å². The van der Waals surface area contributed by atoms with Crippen molar-refractivity contribution in [1.82, 2.24) is 19.8 Å². The van der Waals surface area contributed by atoms with Crippen molar-refractivity contribution in [2.75, 3.05) is 12.4 Å². The summed E-state index contributed by atoms with van der Waals surface area (Å²) in [5.41, 5.74) is 3.03. The zero-order valence-electron chi connectivity index (χ0n) is 15.7. The number of halogens is 2. The maximum absolute atomic E-state index is 12.9. The second kappa shape index (κ2) is 7.85. The van der Waals surface area contributed by atoms with Gasteiger partial charge in [0.25, 0.3) is 5.91 Å². The number of nitrogens with one attached hydrogen (secondary N) is 1. The van der Waals surface area contributed by atoms with E-state index in [0.29, 0.717) is 15.8 Å². The topological polar surface area (TPSA) is 81.4 Å². The highest BCUT2D eigenvalue weighted by Crippen LogP contribution is 2.34. The normalized spacial score (nSPS) is 11.1.